The van der Waals surface area contributed by atoms with Crippen LogP contribution in [0.4, 0.5) is 0 Å². The first kappa shape index (κ1) is 6.99. The molecule has 1 aliphatic carbocycles. The van der Waals surface area contributed by atoms with Crippen LogP contribution in [0.3, 0.4) is 0 Å². The van der Waals surface area contributed by atoms with E-state index in [1.54, 1.807) is 0 Å². The van der Waals surface area contributed by atoms with Crippen molar-refractivity contribution in [1.82, 2.24) is 0 Å². The van der Waals surface area contributed by atoms with Crippen LogP contribution in [0.5, 0.6) is 0 Å². The zero-order chi connectivity index (χ0) is 6.81. The van der Waals surface area contributed by atoms with Gasteiger partial charge in [-0.2, -0.15) is 11.8 Å². The highest BCUT2D eigenvalue weighted by molar-refractivity contribution is 7.99. The molecule has 2 heteroatoms. The van der Waals surface area contributed by atoms with Crippen molar-refractivity contribution in [3.05, 3.63) is 0 Å². The zero-order valence-corrected chi connectivity index (χ0v) is 7.03. The van der Waals surface area contributed by atoms with E-state index in [4.69, 9.17) is 4.74 Å². The maximum Gasteiger partial charge on any atom is 0.0611 e. The third-order valence-electron chi connectivity index (χ3n) is 2.48. The van der Waals surface area contributed by atoms with Crippen molar-refractivity contribution < 1.29 is 4.74 Å². The van der Waals surface area contributed by atoms with Gasteiger partial charge in [0.2, 0.25) is 0 Å². The van der Waals surface area contributed by atoms with E-state index in [0.29, 0.717) is 6.10 Å². The van der Waals surface area contributed by atoms with Crippen molar-refractivity contribution in [2.75, 3.05) is 18.1 Å². The summed E-state index contributed by atoms with van der Waals surface area (Å²) in [6.45, 7) is 0.992. The SMILES string of the molecule is C1CC2CSCCOC2C1. The predicted molar refractivity (Wildman–Crippen MR) is 44.4 cm³/mol. The molecule has 2 aliphatic rings. The highest BCUT2D eigenvalue weighted by atomic mass is 32.2. The molecule has 1 saturated carbocycles. The van der Waals surface area contributed by atoms with Gasteiger partial charge in [0.1, 0.15) is 0 Å². The molecule has 10 heavy (non-hydrogen) atoms. The fourth-order valence-corrected chi connectivity index (χ4v) is 2.97. The summed E-state index contributed by atoms with van der Waals surface area (Å²) in [5.41, 5.74) is 0. The van der Waals surface area contributed by atoms with Crippen molar-refractivity contribution >= 4 is 11.8 Å². The van der Waals surface area contributed by atoms with E-state index in [9.17, 15) is 0 Å². The third kappa shape index (κ3) is 1.32. The largest absolute Gasteiger partial charge is 0.377 e. The molecule has 0 bridgehead atoms. The molecule has 0 spiro atoms. The first-order chi connectivity index (χ1) is 4.97. The number of fused-ring (bicyclic) bond motifs is 1. The Balaban J connectivity index is 1.95. The van der Waals surface area contributed by atoms with E-state index in [2.05, 4.69) is 11.8 Å². The monoisotopic (exact) mass is 158 g/mol. The molecule has 1 nitrogen and oxygen atoms in total. The first-order valence-electron chi connectivity index (χ1n) is 4.16. The molecule has 58 valence electrons. The lowest BCUT2D eigenvalue weighted by Crippen LogP contribution is -2.17. The fraction of sp³-hybridized carbons (Fsp3) is 1.00. The molecule has 0 N–H and O–H groups in total. The van der Waals surface area contributed by atoms with Gasteiger partial charge >= 0.3 is 0 Å². The summed E-state index contributed by atoms with van der Waals surface area (Å²) in [6, 6.07) is 0. The van der Waals surface area contributed by atoms with Crippen LogP contribution in [0, 0.1) is 5.92 Å². The average molecular weight is 158 g/mol. The third-order valence-corrected chi connectivity index (χ3v) is 3.60. The van der Waals surface area contributed by atoms with Crippen LogP contribution >= 0.6 is 11.8 Å². The Kier molecular flexibility index (Phi) is 2.19. The van der Waals surface area contributed by atoms with Gasteiger partial charge in [0.15, 0.2) is 0 Å². The van der Waals surface area contributed by atoms with E-state index in [0.717, 1.165) is 12.5 Å². The lowest BCUT2D eigenvalue weighted by atomic mass is 10.1. The van der Waals surface area contributed by atoms with Gasteiger partial charge in [-0.15, -0.1) is 0 Å². The van der Waals surface area contributed by atoms with Crippen molar-refractivity contribution in [3.8, 4) is 0 Å². The summed E-state index contributed by atoms with van der Waals surface area (Å²) in [5.74, 6) is 3.46. The number of hydrogen-bond acceptors (Lipinski definition) is 2. The molecule has 0 aromatic rings. The van der Waals surface area contributed by atoms with E-state index in [-0.39, 0.29) is 0 Å². The molecule has 1 heterocycles. The fourth-order valence-electron chi connectivity index (χ4n) is 1.91. The molecule has 0 radical (unpaired) electrons. The Morgan fingerprint density at radius 2 is 2.30 bits per heavy atom. The second-order valence-electron chi connectivity index (χ2n) is 3.18. The van der Waals surface area contributed by atoms with Crippen molar-refractivity contribution in [3.63, 3.8) is 0 Å². The van der Waals surface area contributed by atoms with Gasteiger partial charge < -0.3 is 4.74 Å². The number of hydrogen-bond donors (Lipinski definition) is 0. The highest BCUT2D eigenvalue weighted by Gasteiger charge is 2.29. The van der Waals surface area contributed by atoms with Crippen LogP contribution in [0.2, 0.25) is 0 Å². The molecule has 0 aromatic heterocycles. The van der Waals surface area contributed by atoms with Crippen LogP contribution < -0.4 is 0 Å². The molecule has 2 fully saturated rings. The minimum atomic E-state index is 0.634. The van der Waals surface area contributed by atoms with Gasteiger partial charge in [0.05, 0.1) is 12.7 Å². The van der Waals surface area contributed by atoms with Gasteiger partial charge in [0, 0.05) is 5.75 Å². The number of rotatable bonds is 0. The maximum atomic E-state index is 5.71. The average Bonchev–Trinajstić information content (AvgIpc) is 2.28. The lowest BCUT2D eigenvalue weighted by molar-refractivity contribution is 0.0479. The Morgan fingerprint density at radius 1 is 1.30 bits per heavy atom. The first-order valence-corrected chi connectivity index (χ1v) is 5.31. The topological polar surface area (TPSA) is 9.23 Å². The highest BCUT2D eigenvalue weighted by Crippen LogP contribution is 2.32. The number of thioether (sulfide) groups is 1. The zero-order valence-electron chi connectivity index (χ0n) is 6.21. The van der Waals surface area contributed by atoms with Gasteiger partial charge in [-0.05, 0) is 24.5 Å². The summed E-state index contributed by atoms with van der Waals surface area (Å²) in [4.78, 5) is 0. The Bertz CT molecular complexity index is 104. The summed E-state index contributed by atoms with van der Waals surface area (Å²) in [7, 11) is 0. The van der Waals surface area contributed by atoms with Crippen molar-refractivity contribution in [1.29, 1.82) is 0 Å². The van der Waals surface area contributed by atoms with Gasteiger partial charge in [-0.3, -0.25) is 0 Å². The van der Waals surface area contributed by atoms with E-state index < -0.39 is 0 Å². The molecule has 0 aromatic carbocycles. The second-order valence-corrected chi connectivity index (χ2v) is 4.32. The Hall–Kier alpha value is 0.310. The van der Waals surface area contributed by atoms with E-state index >= 15 is 0 Å². The standard InChI is InChI=1S/C8H14OS/c1-2-7-6-10-5-4-9-8(7)3-1/h7-8H,1-6H2. The van der Waals surface area contributed by atoms with Gasteiger partial charge in [-0.1, -0.05) is 6.42 Å². The molecule has 2 unspecified atom stereocenters. The molecular formula is C8H14OS. The van der Waals surface area contributed by atoms with E-state index in [1.807, 2.05) is 0 Å². The molecule has 2 atom stereocenters. The van der Waals surface area contributed by atoms with Crippen LogP contribution in [-0.2, 0) is 4.74 Å². The number of ether oxygens (including phenoxy) is 1. The molecule has 0 amide bonds. The van der Waals surface area contributed by atoms with E-state index in [1.165, 1.54) is 30.8 Å². The maximum absolute atomic E-state index is 5.71. The lowest BCUT2D eigenvalue weighted by Gasteiger charge is -2.14. The van der Waals surface area contributed by atoms with Crippen LogP contribution in [0.15, 0.2) is 0 Å². The van der Waals surface area contributed by atoms with Crippen LogP contribution in [-0.4, -0.2) is 24.2 Å². The summed E-state index contributed by atoms with van der Waals surface area (Å²) >= 11 is 2.07. The summed E-state index contributed by atoms with van der Waals surface area (Å²) in [5, 5.41) is 0. The van der Waals surface area contributed by atoms with Crippen LogP contribution in [0.25, 0.3) is 0 Å². The molecule has 2 rings (SSSR count). The van der Waals surface area contributed by atoms with Crippen molar-refractivity contribution in [2.24, 2.45) is 5.92 Å². The molecule has 1 aliphatic heterocycles. The molecule has 1 saturated heterocycles. The summed E-state index contributed by atoms with van der Waals surface area (Å²) < 4.78 is 5.71. The normalized spacial score (nSPS) is 40.8. The molecular weight excluding hydrogens is 144 g/mol. The minimum absolute atomic E-state index is 0.634. The second kappa shape index (κ2) is 3.14. The Morgan fingerprint density at radius 3 is 3.30 bits per heavy atom. The van der Waals surface area contributed by atoms with Crippen molar-refractivity contribution in [2.45, 2.75) is 25.4 Å². The predicted octanol–water partition coefficient (Wildman–Crippen LogP) is 1.92. The van der Waals surface area contributed by atoms with Gasteiger partial charge in [0.25, 0.3) is 0 Å². The Labute approximate surface area is 66.5 Å². The smallest absolute Gasteiger partial charge is 0.0611 e. The van der Waals surface area contributed by atoms with Gasteiger partial charge in [-0.25, -0.2) is 0 Å². The minimum Gasteiger partial charge on any atom is -0.377 e. The summed E-state index contributed by atoms with van der Waals surface area (Å²) in [6.07, 6.45) is 4.77. The van der Waals surface area contributed by atoms with Crippen LogP contribution in [0.1, 0.15) is 19.3 Å². The quantitative estimate of drug-likeness (QED) is 0.532.